The molecule has 0 aliphatic rings. The van der Waals surface area contributed by atoms with Crippen molar-refractivity contribution in [1.29, 1.82) is 0 Å². The van der Waals surface area contributed by atoms with Crippen LogP contribution in [0.1, 0.15) is 0 Å². The molecular formula is C24H15NO3. The van der Waals surface area contributed by atoms with Crippen LogP contribution in [0, 0.1) is 0 Å². The van der Waals surface area contributed by atoms with E-state index in [0.29, 0.717) is 21.9 Å². The van der Waals surface area contributed by atoms with Crippen molar-refractivity contribution < 1.29 is 4.42 Å². The number of hydrogen-bond acceptors (Lipinski definition) is 3. The monoisotopic (exact) mass is 365 g/mol. The Morgan fingerprint density at radius 1 is 0.714 bits per heavy atom. The van der Waals surface area contributed by atoms with E-state index in [9.17, 15) is 9.59 Å². The first-order chi connectivity index (χ1) is 13.7. The van der Waals surface area contributed by atoms with Gasteiger partial charge in [0.25, 0.3) is 0 Å². The number of rotatable bonds is 2. The zero-order valence-electron chi connectivity index (χ0n) is 14.8. The quantitative estimate of drug-likeness (QED) is 0.453. The lowest BCUT2D eigenvalue weighted by Gasteiger charge is -2.13. The molecule has 0 bridgehead atoms. The second-order valence-corrected chi connectivity index (χ2v) is 6.57. The van der Waals surface area contributed by atoms with Gasteiger partial charge in [0.05, 0.1) is 16.5 Å². The lowest BCUT2D eigenvalue weighted by Crippen LogP contribution is -2.12. The van der Waals surface area contributed by atoms with Gasteiger partial charge in [0.15, 0.2) is 10.9 Å². The average molecular weight is 365 g/mol. The summed E-state index contributed by atoms with van der Waals surface area (Å²) >= 11 is 0. The van der Waals surface area contributed by atoms with Crippen molar-refractivity contribution in [2.24, 2.45) is 0 Å². The Balaban J connectivity index is 1.88. The second kappa shape index (κ2) is 6.35. The third-order valence-corrected chi connectivity index (χ3v) is 4.85. The van der Waals surface area contributed by atoms with E-state index in [1.165, 1.54) is 6.07 Å². The molecule has 5 rings (SSSR count). The highest BCUT2D eigenvalue weighted by molar-refractivity contribution is 5.85. The highest BCUT2D eigenvalue weighted by Gasteiger charge is 2.15. The van der Waals surface area contributed by atoms with Crippen molar-refractivity contribution in [1.82, 2.24) is 4.57 Å². The van der Waals surface area contributed by atoms with Crippen LogP contribution < -0.4 is 10.9 Å². The molecule has 28 heavy (non-hydrogen) atoms. The van der Waals surface area contributed by atoms with E-state index in [4.69, 9.17) is 4.42 Å². The number of hydrogen-bond donors (Lipinski definition) is 0. The molecule has 2 aromatic heterocycles. The molecule has 0 aliphatic heterocycles. The van der Waals surface area contributed by atoms with E-state index in [1.54, 1.807) is 36.5 Å². The molecule has 134 valence electrons. The van der Waals surface area contributed by atoms with Crippen LogP contribution in [0.15, 0.2) is 105 Å². The summed E-state index contributed by atoms with van der Waals surface area (Å²) in [6.07, 6.45) is 1.74. The van der Waals surface area contributed by atoms with Gasteiger partial charge < -0.3 is 8.98 Å². The van der Waals surface area contributed by atoms with Crippen molar-refractivity contribution >= 4 is 21.9 Å². The van der Waals surface area contributed by atoms with Gasteiger partial charge in [-0.25, -0.2) is 0 Å². The molecule has 3 aromatic carbocycles. The number of pyridine rings is 1. The van der Waals surface area contributed by atoms with Crippen LogP contribution in [0.5, 0.6) is 0 Å². The van der Waals surface area contributed by atoms with E-state index >= 15 is 0 Å². The summed E-state index contributed by atoms with van der Waals surface area (Å²) in [7, 11) is 0. The zero-order valence-corrected chi connectivity index (χ0v) is 14.8. The SMILES string of the molecule is O=c1cc(-c2cn(-c3ccccc3)c3ccccc3c2=O)oc2ccccc12. The van der Waals surface area contributed by atoms with E-state index < -0.39 is 0 Å². The maximum absolute atomic E-state index is 13.2. The number of aromatic nitrogens is 1. The number of fused-ring (bicyclic) bond motifs is 2. The smallest absolute Gasteiger partial charge is 0.200 e. The van der Waals surface area contributed by atoms with Crippen molar-refractivity contribution in [3.63, 3.8) is 0 Å². The minimum absolute atomic E-state index is 0.166. The van der Waals surface area contributed by atoms with Crippen LogP contribution in [-0.2, 0) is 0 Å². The summed E-state index contributed by atoms with van der Waals surface area (Å²) in [5.74, 6) is 0.268. The molecule has 0 saturated carbocycles. The van der Waals surface area contributed by atoms with Crippen LogP contribution >= 0.6 is 0 Å². The molecule has 0 unspecified atom stereocenters. The van der Waals surface area contributed by atoms with E-state index in [1.807, 2.05) is 53.1 Å². The van der Waals surface area contributed by atoms with Gasteiger partial charge in [0.2, 0.25) is 0 Å². The Bertz CT molecular complexity index is 1450. The highest BCUT2D eigenvalue weighted by atomic mass is 16.3. The number of benzene rings is 3. The Labute approximate surface area is 159 Å². The van der Waals surface area contributed by atoms with E-state index in [0.717, 1.165) is 11.2 Å². The zero-order chi connectivity index (χ0) is 19.1. The average Bonchev–Trinajstić information content (AvgIpc) is 2.75. The molecule has 0 fully saturated rings. The molecule has 0 atom stereocenters. The largest absolute Gasteiger partial charge is 0.456 e. The summed E-state index contributed by atoms with van der Waals surface area (Å²) in [6.45, 7) is 0. The molecule has 5 aromatic rings. The molecular weight excluding hydrogens is 350 g/mol. The number of para-hydroxylation sites is 3. The van der Waals surface area contributed by atoms with Crippen molar-refractivity contribution in [3.05, 3.63) is 112 Å². The molecule has 2 heterocycles. The lowest BCUT2D eigenvalue weighted by atomic mass is 10.1. The summed E-state index contributed by atoms with van der Waals surface area (Å²) in [5.41, 5.74) is 2.19. The van der Waals surface area contributed by atoms with E-state index in [-0.39, 0.29) is 16.6 Å². The maximum atomic E-state index is 13.2. The fraction of sp³-hybridized carbons (Fsp3) is 0. The Kier molecular flexibility index (Phi) is 3.69. The molecule has 0 saturated heterocycles. The predicted molar refractivity (Wildman–Crippen MR) is 111 cm³/mol. The van der Waals surface area contributed by atoms with Gasteiger partial charge in [-0.1, -0.05) is 42.5 Å². The van der Waals surface area contributed by atoms with Gasteiger partial charge in [0.1, 0.15) is 11.3 Å². The molecule has 4 heteroatoms. The fourth-order valence-corrected chi connectivity index (χ4v) is 3.49. The number of nitrogens with zero attached hydrogens (tertiary/aromatic N) is 1. The van der Waals surface area contributed by atoms with Gasteiger partial charge in [-0.05, 0) is 36.4 Å². The maximum Gasteiger partial charge on any atom is 0.200 e. The molecule has 0 N–H and O–H groups in total. The first-order valence-corrected chi connectivity index (χ1v) is 8.95. The van der Waals surface area contributed by atoms with E-state index in [2.05, 4.69) is 0 Å². The molecule has 0 radical (unpaired) electrons. The third kappa shape index (κ3) is 2.55. The Hall–Kier alpha value is -3.92. The third-order valence-electron chi connectivity index (χ3n) is 4.85. The van der Waals surface area contributed by atoms with Crippen LogP contribution in [0.25, 0.3) is 38.9 Å². The normalized spacial score (nSPS) is 11.1. The van der Waals surface area contributed by atoms with Crippen LogP contribution in [0.2, 0.25) is 0 Å². The minimum Gasteiger partial charge on any atom is -0.456 e. The topological polar surface area (TPSA) is 52.2 Å². The van der Waals surface area contributed by atoms with Gasteiger partial charge in [-0.2, -0.15) is 0 Å². The van der Waals surface area contributed by atoms with Gasteiger partial charge >= 0.3 is 0 Å². The highest BCUT2D eigenvalue weighted by Crippen LogP contribution is 2.24. The van der Waals surface area contributed by atoms with Crippen molar-refractivity contribution in [2.75, 3.05) is 0 Å². The van der Waals surface area contributed by atoms with Gasteiger partial charge in [0, 0.05) is 23.3 Å². The lowest BCUT2D eigenvalue weighted by molar-refractivity contribution is 0.618. The predicted octanol–water partition coefficient (Wildman–Crippen LogP) is 4.76. The first-order valence-electron chi connectivity index (χ1n) is 8.95. The summed E-state index contributed by atoms with van der Waals surface area (Å²) in [6, 6.07) is 25.6. The van der Waals surface area contributed by atoms with Gasteiger partial charge in [-0.3, -0.25) is 9.59 Å². The Morgan fingerprint density at radius 3 is 2.21 bits per heavy atom. The molecule has 0 aliphatic carbocycles. The molecule has 0 amide bonds. The van der Waals surface area contributed by atoms with Gasteiger partial charge in [-0.15, -0.1) is 0 Å². The standard InChI is InChI=1S/C24H15NO3/c26-21-14-23(28-22-13-7-5-11-18(21)22)19-15-25(16-8-2-1-3-9-16)20-12-6-4-10-17(20)24(19)27/h1-15H. The Morgan fingerprint density at radius 2 is 1.39 bits per heavy atom. The minimum atomic E-state index is -0.171. The van der Waals surface area contributed by atoms with Crippen molar-refractivity contribution in [2.45, 2.75) is 0 Å². The van der Waals surface area contributed by atoms with Crippen LogP contribution in [0.4, 0.5) is 0 Å². The molecule has 0 spiro atoms. The summed E-state index contributed by atoms with van der Waals surface area (Å²) < 4.78 is 7.88. The van der Waals surface area contributed by atoms with Crippen LogP contribution in [-0.4, -0.2) is 4.57 Å². The van der Waals surface area contributed by atoms with Crippen LogP contribution in [0.3, 0.4) is 0 Å². The summed E-state index contributed by atoms with van der Waals surface area (Å²) in [5, 5.41) is 1.06. The summed E-state index contributed by atoms with van der Waals surface area (Å²) in [4.78, 5) is 25.7. The first kappa shape index (κ1) is 16.3. The van der Waals surface area contributed by atoms with Crippen molar-refractivity contribution in [3.8, 4) is 17.0 Å². The second-order valence-electron chi connectivity index (χ2n) is 6.57. The molecule has 4 nitrogen and oxygen atoms in total. The fourth-order valence-electron chi connectivity index (χ4n) is 3.49.